The maximum atomic E-state index is 12.7. The molecule has 32 heavy (non-hydrogen) atoms. The highest BCUT2D eigenvalue weighted by Crippen LogP contribution is 2.28. The van der Waals surface area contributed by atoms with Gasteiger partial charge in [-0.15, -0.1) is 0 Å². The van der Waals surface area contributed by atoms with Crippen molar-refractivity contribution in [2.45, 2.75) is 27.7 Å². The van der Waals surface area contributed by atoms with Gasteiger partial charge in [0.1, 0.15) is 17.2 Å². The first kappa shape index (κ1) is 24.9. The largest absolute Gasteiger partial charge is 0.494 e. The average molecular weight is 460 g/mol. The lowest BCUT2D eigenvalue weighted by molar-refractivity contribution is -0.118. The highest BCUT2D eigenvalue weighted by Gasteiger charge is 2.14. The zero-order chi connectivity index (χ0) is 23.7. The summed E-state index contributed by atoms with van der Waals surface area (Å²) in [4.78, 5) is 24.7. The molecule has 0 aromatic heterocycles. The molecule has 0 radical (unpaired) electrons. The number of ether oxygens (including phenoxy) is 3. The molecule has 8 nitrogen and oxygen atoms in total. The summed E-state index contributed by atoms with van der Waals surface area (Å²) in [6, 6.07) is 10.1. The van der Waals surface area contributed by atoms with E-state index in [0.29, 0.717) is 47.4 Å². The number of thiocarbonyl (C=S) groups is 1. The molecule has 2 aromatic rings. The molecule has 0 bridgehead atoms. The van der Waals surface area contributed by atoms with Crippen LogP contribution in [0.3, 0.4) is 0 Å². The van der Waals surface area contributed by atoms with Crippen molar-refractivity contribution in [1.82, 2.24) is 5.32 Å². The first-order valence-electron chi connectivity index (χ1n) is 10.3. The number of hydrogen-bond acceptors (Lipinski definition) is 6. The highest BCUT2D eigenvalue weighted by atomic mass is 32.1. The Hall–Kier alpha value is -3.33. The van der Waals surface area contributed by atoms with Crippen LogP contribution in [0.4, 0.5) is 11.4 Å². The summed E-state index contributed by atoms with van der Waals surface area (Å²) in [6.45, 7) is 8.26. The van der Waals surface area contributed by atoms with Crippen LogP contribution in [0.15, 0.2) is 36.4 Å². The summed E-state index contributed by atoms with van der Waals surface area (Å²) in [5.41, 5.74) is 1.49. The fourth-order valence-electron chi connectivity index (χ4n) is 2.69. The average Bonchev–Trinajstić information content (AvgIpc) is 2.74. The molecule has 0 atom stereocenters. The van der Waals surface area contributed by atoms with E-state index in [9.17, 15) is 9.59 Å². The topological polar surface area (TPSA) is 97.9 Å². The van der Waals surface area contributed by atoms with Crippen LogP contribution >= 0.6 is 12.2 Å². The van der Waals surface area contributed by atoms with Crippen molar-refractivity contribution in [3.05, 3.63) is 42.0 Å². The molecule has 2 rings (SSSR count). The van der Waals surface area contributed by atoms with Gasteiger partial charge >= 0.3 is 0 Å². The Morgan fingerprint density at radius 2 is 1.59 bits per heavy atom. The van der Waals surface area contributed by atoms with Gasteiger partial charge in [-0.1, -0.05) is 13.8 Å². The van der Waals surface area contributed by atoms with E-state index >= 15 is 0 Å². The smallest absolute Gasteiger partial charge is 0.257 e. The molecule has 2 amide bonds. The van der Waals surface area contributed by atoms with Gasteiger partial charge < -0.3 is 24.8 Å². The third-order valence-corrected chi connectivity index (χ3v) is 4.44. The van der Waals surface area contributed by atoms with Crippen LogP contribution in [-0.4, -0.2) is 37.3 Å². The number of nitrogens with one attached hydrogen (secondary N) is 3. The molecule has 0 aliphatic carbocycles. The van der Waals surface area contributed by atoms with Crippen LogP contribution in [0, 0.1) is 5.92 Å². The molecule has 0 fully saturated rings. The van der Waals surface area contributed by atoms with Gasteiger partial charge in [-0.2, -0.15) is 0 Å². The summed E-state index contributed by atoms with van der Waals surface area (Å²) >= 11 is 5.28. The Balaban J connectivity index is 2.10. The van der Waals surface area contributed by atoms with Gasteiger partial charge in [0.05, 0.1) is 26.0 Å². The van der Waals surface area contributed by atoms with Crippen molar-refractivity contribution < 1.29 is 23.8 Å². The summed E-state index contributed by atoms with van der Waals surface area (Å²) < 4.78 is 16.4. The molecule has 0 aliphatic rings. The van der Waals surface area contributed by atoms with E-state index in [1.54, 1.807) is 50.2 Å². The number of amides is 2. The predicted molar refractivity (Wildman–Crippen MR) is 129 cm³/mol. The molecule has 0 aliphatic heterocycles. The third kappa shape index (κ3) is 7.12. The Morgan fingerprint density at radius 1 is 0.969 bits per heavy atom. The molecule has 0 saturated heterocycles. The number of carbonyl (C=O) groups is 2. The van der Waals surface area contributed by atoms with Gasteiger partial charge in [0.25, 0.3) is 5.91 Å². The Kier molecular flexibility index (Phi) is 9.27. The van der Waals surface area contributed by atoms with Gasteiger partial charge in [0.15, 0.2) is 5.11 Å². The quantitative estimate of drug-likeness (QED) is 0.483. The molecule has 2 aromatic carbocycles. The lowest BCUT2D eigenvalue weighted by Crippen LogP contribution is -2.34. The normalized spacial score (nSPS) is 10.3. The molecular weight excluding hydrogens is 430 g/mol. The summed E-state index contributed by atoms with van der Waals surface area (Å²) in [5.74, 6) is 0.844. The van der Waals surface area contributed by atoms with Crippen LogP contribution in [0.2, 0.25) is 0 Å². The van der Waals surface area contributed by atoms with Gasteiger partial charge in [-0.25, -0.2) is 0 Å². The van der Waals surface area contributed by atoms with Crippen LogP contribution in [0.5, 0.6) is 17.2 Å². The lowest BCUT2D eigenvalue weighted by Gasteiger charge is -2.15. The van der Waals surface area contributed by atoms with Gasteiger partial charge in [-0.05, 0) is 50.3 Å². The van der Waals surface area contributed by atoms with Crippen LogP contribution < -0.4 is 30.2 Å². The number of carbonyl (C=O) groups excluding carboxylic acids is 2. The Morgan fingerprint density at radius 3 is 2.12 bits per heavy atom. The molecule has 3 N–H and O–H groups in total. The van der Waals surface area contributed by atoms with Crippen molar-refractivity contribution in [2.24, 2.45) is 5.92 Å². The fourth-order valence-corrected chi connectivity index (χ4v) is 2.90. The monoisotopic (exact) mass is 459 g/mol. The maximum absolute atomic E-state index is 12.7. The van der Waals surface area contributed by atoms with E-state index in [1.165, 1.54) is 7.11 Å². The van der Waals surface area contributed by atoms with Crippen molar-refractivity contribution in [2.75, 3.05) is 31.0 Å². The summed E-state index contributed by atoms with van der Waals surface area (Å²) in [7, 11) is 1.51. The second-order valence-electron chi connectivity index (χ2n) is 7.03. The van der Waals surface area contributed by atoms with Crippen molar-refractivity contribution >= 4 is 40.5 Å². The van der Waals surface area contributed by atoms with Crippen molar-refractivity contribution in [3.8, 4) is 17.2 Å². The molecular formula is C23H29N3O5S. The standard InChI is InChI=1S/C23H29N3O5S/c1-6-30-17-10-15(11-18(13-17)31-7-2)22(28)26-23(32)24-16-8-9-19(20(12-16)29-5)25-21(27)14(3)4/h8-14H,6-7H2,1-5H3,(H,25,27)(H2,24,26,28,32). The maximum Gasteiger partial charge on any atom is 0.257 e. The van der Waals surface area contributed by atoms with E-state index in [1.807, 2.05) is 13.8 Å². The van der Waals surface area contributed by atoms with Gasteiger partial charge in [-0.3, -0.25) is 14.9 Å². The van der Waals surface area contributed by atoms with Crippen LogP contribution in [0.1, 0.15) is 38.1 Å². The number of methoxy groups -OCH3 is 1. The van der Waals surface area contributed by atoms with E-state index in [4.69, 9.17) is 26.4 Å². The number of rotatable bonds is 9. The number of hydrogen-bond donors (Lipinski definition) is 3. The first-order chi connectivity index (χ1) is 15.3. The number of anilines is 2. The summed E-state index contributed by atoms with van der Waals surface area (Å²) in [5, 5.41) is 8.50. The molecule has 172 valence electrons. The highest BCUT2D eigenvalue weighted by molar-refractivity contribution is 7.80. The van der Waals surface area contributed by atoms with Gasteiger partial charge in [0.2, 0.25) is 5.91 Å². The summed E-state index contributed by atoms with van der Waals surface area (Å²) in [6.07, 6.45) is 0. The fraction of sp³-hybridized carbons (Fsp3) is 0.348. The first-order valence-corrected chi connectivity index (χ1v) is 10.7. The van der Waals surface area contributed by atoms with E-state index in [2.05, 4.69) is 16.0 Å². The molecule has 0 saturated carbocycles. The van der Waals surface area contributed by atoms with E-state index in [-0.39, 0.29) is 16.9 Å². The van der Waals surface area contributed by atoms with Gasteiger partial charge in [0, 0.05) is 29.3 Å². The zero-order valence-corrected chi connectivity index (χ0v) is 19.7. The Labute approximate surface area is 193 Å². The SMILES string of the molecule is CCOc1cc(OCC)cc(C(=O)NC(=S)Nc2ccc(NC(=O)C(C)C)c(OC)c2)c1. The molecule has 0 unspecified atom stereocenters. The zero-order valence-electron chi connectivity index (χ0n) is 18.9. The third-order valence-electron chi connectivity index (χ3n) is 4.23. The minimum absolute atomic E-state index is 0.107. The molecule has 0 spiro atoms. The second-order valence-corrected chi connectivity index (χ2v) is 7.43. The number of benzene rings is 2. The predicted octanol–water partition coefficient (Wildman–Crippen LogP) is 4.21. The minimum atomic E-state index is -0.405. The molecule has 9 heteroatoms. The second kappa shape index (κ2) is 11.9. The van der Waals surface area contributed by atoms with Crippen LogP contribution in [0.25, 0.3) is 0 Å². The Bertz CT molecular complexity index is 954. The molecule has 0 heterocycles. The van der Waals surface area contributed by atoms with Crippen molar-refractivity contribution in [1.29, 1.82) is 0 Å². The van der Waals surface area contributed by atoms with Crippen LogP contribution in [-0.2, 0) is 4.79 Å². The van der Waals surface area contributed by atoms with Crippen molar-refractivity contribution in [3.63, 3.8) is 0 Å². The van der Waals surface area contributed by atoms with E-state index < -0.39 is 5.91 Å². The van der Waals surface area contributed by atoms with E-state index in [0.717, 1.165) is 0 Å². The lowest BCUT2D eigenvalue weighted by atomic mass is 10.2. The minimum Gasteiger partial charge on any atom is -0.494 e.